The van der Waals surface area contributed by atoms with Crippen LogP contribution in [-0.2, 0) is 14.3 Å². The summed E-state index contributed by atoms with van der Waals surface area (Å²) < 4.78 is 10.8. The Labute approximate surface area is 147 Å². The molecule has 0 aliphatic carbocycles. The first-order chi connectivity index (χ1) is 12.1. The van der Waals surface area contributed by atoms with Crippen molar-refractivity contribution < 1.29 is 19.1 Å². The summed E-state index contributed by atoms with van der Waals surface area (Å²) in [5.41, 5.74) is 6.67. The third-order valence-electron chi connectivity index (χ3n) is 5.12. The van der Waals surface area contributed by atoms with Crippen LogP contribution in [0.2, 0.25) is 0 Å². The molecular weight excluding hydrogens is 322 g/mol. The van der Waals surface area contributed by atoms with E-state index in [0.717, 1.165) is 12.1 Å². The van der Waals surface area contributed by atoms with E-state index in [-0.39, 0.29) is 11.8 Å². The molecule has 25 heavy (non-hydrogen) atoms. The van der Waals surface area contributed by atoms with Crippen LogP contribution in [0.3, 0.4) is 0 Å². The largest absolute Gasteiger partial charge is 0.494 e. The van der Waals surface area contributed by atoms with E-state index in [4.69, 9.17) is 15.2 Å². The minimum absolute atomic E-state index is 0.0923. The highest BCUT2D eigenvalue weighted by Crippen LogP contribution is 2.35. The van der Waals surface area contributed by atoms with E-state index in [0.29, 0.717) is 57.0 Å². The Bertz CT molecular complexity index is 656. The molecule has 1 aromatic rings. The molecule has 136 valence electrons. The Balaban J connectivity index is 1.78. The first-order valence-corrected chi connectivity index (χ1v) is 8.67. The van der Waals surface area contributed by atoms with Crippen molar-refractivity contribution in [3.63, 3.8) is 0 Å². The normalized spacial score (nSPS) is 19.8. The number of methoxy groups -OCH3 is 1. The summed E-state index contributed by atoms with van der Waals surface area (Å²) in [6.45, 7) is 2.07. The molecule has 2 amide bonds. The molecule has 1 aromatic carbocycles. The summed E-state index contributed by atoms with van der Waals surface area (Å²) >= 11 is 0. The lowest BCUT2D eigenvalue weighted by Crippen LogP contribution is -2.46. The molecule has 2 aliphatic rings. The van der Waals surface area contributed by atoms with Gasteiger partial charge in [-0.1, -0.05) is 0 Å². The maximum Gasteiger partial charge on any atom is 0.232 e. The number of rotatable bonds is 5. The third-order valence-corrected chi connectivity index (χ3v) is 5.12. The second kappa shape index (κ2) is 7.41. The lowest BCUT2D eigenvalue weighted by Gasteiger charge is -2.34. The average Bonchev–Trinajstić information content (AvgIpc) is 3.07. The van der Waals surface area contributed by atoms with E-state index in [2.05, 4.69) is 5.32 Å². The van der Waals surface area contributed by atoms with Gasteiger partial charge in [-0.25, -0.2) is 0 Å². The van der Waals surface area contributed by atoms with Crippen molar-refractivity contribution in [2.24, 2.45) is 11.1 Å². The summed E-state index contributed by atoms with van der Waals surface area (Å²) in [5, 5.41) is 2.95. The summed E-state index contributed by atoms with van der Waals surface area (Å²) in [5.74, 6) is 0.576. The second-order valence-corrected chi connectivity index (χ2v) is 6.59. The summed E-state index contributed by atoms with van der Waals surface area (Å²) in [6.07, 6.45) is 2.64. The van der Waals surface area contributed by atoms with Gasteiger partial charge in [-0.2, -0.15) is 0 Å². The van der Waals surface area contributed by atoms with Crippen LogP contribution in [-0.4, -0.2) is 45.2 Å². The fraction of sp³-hybridized carbons (Fsp3) is 0.556. The highest BCUT2D eigenvalue weighted by atomic mass is 16.5. The van der Waals surface area contributed by atoms with Crippen molar-refractivity contribution in [2.75, 3.05) is 43.6 Å². The third kappa shape index (κ3) is 3.48. The Hall–Kier alpha value is -2.12. The monoisotopic (exact) mass is 347 g/mol. The van der Waals surface area contributed by atoms with Crippen molar-refractivity contribution in [3.8, 4) is 5.75 Å². The van der Waals surface area contributed by atoms with Gasteiger partial charge in [0.25, 0.3) is 0 Å². The molecule has 0 atom stereocenters. The van der Waals surface area contributed by atoms with Crippen LogP contribution >= 0.6 is 0 Å². The van der Waals surface area contributed by atoms with Crippen molar-refractivity contribution in [1.82, 2.24) is 0 Å². The number of amides is 2. The Kier molecular flexibility index (Phi) is 5.24. The van der Waals surface area contributed by atoms with Crippen molar-refractivity contribution in [2.45, 2.75) is 25.7 Å². The Morgan fingerprint density at radius 3 is 2.76 bits per heavy atom. The van der Waals surface area contributed by atoms with Crippen molar-refractivity contribution in [1.29, 1.82) is 0 Å². The van der Waals surface area contributed by atoms with Gasteiger partial charge in [-0.15, -0.1) is 0 Å². The molecule has 0 radical (unpaired) electrons. The average molecular weight is 347 g/mol. The van der Waals surface area contributed by atoms with Crippen molar-refractivity contribution in [3.05, 3.63) is 18.2 Å². The summed E-state index contributed by atoms with van der Waals surface area (Å²) in [4.78, 5) is 26.5. The lowest BCUT2D eigenvalue weighted by atomic mass is 9.79. The first-order valence-electron chi connectivity index (χ1n) is 8.67. The van der Waals surface area contributed by atoms with Gasteiger partial charge in [0.15, 0.2) is 0 Å². The molecule has 7 nitrogen and oxygen atoms in total. The van der Waals surface area contributed by atoms with Gasteiger partial charge in [0.2, 0.25) is 11.8 Å². The molecule has 0 bridgehead atoms. The molecule has 0 aromatic heterocycles. The van der Waals surface area contributed by atoms with Gasteiger partial charge in [0, 0.05) is 44.5 Å². The number of nitrogens with zero attached hydrogens (tertiary/aromatic N) is 1. The Morgan fingerprint density at radius 2 is 2.16 bits per heavy atom. The van der Waals surface area contributed by atoms with Gasteiger partial charge in [-0.3, -0.25) is 9.59 Å². The number of hydrogen-bond donors (Lipinski definition) is 2. The maximum atomic E-state index is 12.8. The molecule has 0 unspecified atom stereocenters. The smallest absolute Gasteiger partial charge is 0.232 e. The van der Waals surface area contributed by atoms with Gasteiger partial charge in [-0.05, 0) is 31.4 Å². The molecule has 2 fully saturated rings. The number of benzene rings is 1. The van der Waals surface area contributed by atoms with Crippen LogP contribution in [0.1, 0.15) is 25.7 Å². The molecule has 0 saturated carbocycles. The van der Waals surface area contributed by atoms with Crippen LogP contribution in [0.4, 0.5) is 11.4 Å². The van der Waals surface area contributed by atoms with Gasteiger partial charge in [0.1, 0.15) is 5.75 Å². The van der Waals surface area contributed by atoms with E-state index in [9.17, 15) is 9.59 Å². The predicted octanol–water partition coefficient (Wildman–Crippen LogP) is 1.52. The highest BCUT2D eigenvalue weighted by molar-refractivity contribution is 5.99. The fourth-order valence-electron chi connectivity index (χ4n) is 3.43. The number of carbonyl (C=O) groups excluding carboxylic acids is 2. The zero-order valence-electron chi connectivity index (χ0n) is 14.5. The van der Waals surface area contributed by atoms with Crippen LogP contribution in [0, 0.1) is 5.41 Å². The minimum atomic E-state index is -0.588. The maximum absolute atomic E-state index is 12.8. The van der Waals surface area contributed by atoms with Crippen LogP contribution in [0.15, 0.2) is 18.2 Å². The van der Waals surface area contributed by atoms with Gasteiger partial charge in [0.05, 0.1) is 18.2 Å². The SMILES string of the molecule is COc1cc(NC(=O)C2(CN)CCOCC2)ccc1N1CCCC1=O. The number of nitrogens with one attached hydrogen (secondary N) is 1. The molecule has 2 aliphatic heterocycles. The number of nitrogens with two attached hydrogens (primary N) is 1. The molecule has 0 spiro atoms. The number of ether oxygens (including phenoxy) is 2. The van der Waals surface area contributed by atoms with Crippen molar-refractivity contribution >= 4 is 23.2 Å². The molecule has 3 rings (SSSR count). The minimum Gasteiger partial charge on any atom is -0.494 e. The second-order valence-electron chi connectivity index (χ2n) is 6.59. The molecule has 7 heteroatoms. The quantitative estimate of drug-likeness (QED) is 0.842. The van der Waals surface area contributed by atoms with E-state index in [1.54, 1.807) is 24.1 Å². The Morgan fingerprint density at radius 1 is 1.40 bits per heavy atom. The van der Waals surface area contributed by atoms with Gasteiger partial charge < -0.3 is 25.4 Å². The van der Waals surface area contributed by atoms with Crippen LogP contribution in [0.5, 0.6) is 5.75 Å². The van der Waals surface area contributed by atoms with E-state index >= 15 is 0 Å². The topological polar surface area (TPSA) is 93.9 Å². The standard InChI is InChI=1S/C18H25N3O4/c1-24-15-11-13(4-5-14(15)21-8-2-3-16(21)22)20-17(23)18(12-19)6-9-25-10-7-18/h4-5,11H,2-3,6-10,12,19H2,1H3,(H,20,23). The molecular formula is C18H25N3O4. The summed E-state index contributed by atoms with van der Waals surface area (Å²) in [7, 11) is 1.56. The molecule has 2 heterocycles. The number of anilines is 2. The fourth-order valence-corrected chi connectivity index (χ4v) is 3.43. The van der Waals surface area contributed by atoms with E-state index in [1.807, 2.05) is 6.07 Å². The predicted molar refractivity (Wildman–Crippen MR) is 94.8 cm³/mol. The van der Waals surface area contributed by atoms with E-state index in [1.165, 1.54) is 0 Å². The lowest BCUT2D eigenvalue weighted by molar-refractivity contribution is -0.130. The van der Waals surface area contributed by atoms with Crippen LogP contribution in [0.25, 0.3) is 0 Å². The van der Waals surface area contributed by atoms with Crippen LogP contribution < -0.4 is 20.7 Å². The first kappa shape index (κ1) is 17.7. The highest BCUT2D eigenvalue weighted by Gasteiger charge is 2.39. The summed E-state index contributed by atoms with van der Waals surface area (Å²) in [6, 6.07) is 5.37. The zero-order valence-corrected chi connectivity index (χ0v) is 14.5. The molecule has 2 saturated heterocycles. The number of carbonyl (C=O) groups is 2. The molecule has 3 N–H and O–H groups in total. The zero-order chi connectivity index (χ0) is 17.9. The van der Waals surface area contributed by atoms with Gasteiger partial charge >= 0.3 is 0 Å². The van der Waals surface area contributed by atoms with E-state index < -0.39 is 5.41 Å². The number of hydrogen-bond acceptors (Lipinski definition) is 5.